The van der Waals surface area contributed by atoms with E-state index in [0.717, 1.165) is 6.26 Å². The zero-order chi connectivity index (χ0) is 18.4. The molecule has 0 saturated heterocycles. The van der Waals surface area contributed by atoms with Gasteiger partial charge in [0.25, 0.3) is 5.91 Å². The molecule has 0 unspecified atom stereocenters. The molecule has 0 aliphatic rings. The van der Waals surface area contributed by atoms with Gasteiger partial charge in [0, 0.05) is 23.9 Å². The van der Waals surface area contributed by atoms with Crippen molar-refractivity contribution in [3.8, 4) is 5.75 Å². The number of benzene rings is 2. The zero-order valence-corrected chi connectivity index (χ0v) is 14.2. The lowest BCUT2D eigenvalue weighted by Crippen LogP contribution is -2.23. The highest BCUT2D eigenvalue weighted by molar-refractivity contribution is 7.89. The quantitative estimate of drug-likeness (QED) is 0.815. The molecule has 2 aromatic carbocycles. The summed E-state index contributed by atoms with van der Waals surface area (Å²) in [5.41, 5.74) is 1.34. The van der Waals surface area contributed by atoms with Crippen LogP contribution in [0.1, 0.15) is 21.5 Å². The first-order valence-corrected chi connectivity index (χ1v) is 9.38. The number of ether oxygens (including phenoxy) is 1. The number of alkyl halides is 2. The Morgan fingerprint density at radius 3 is 2.36 bits per heavy atom. The van der Waals surface area contributed by atoms with E-state index in [9.17, 15) is 22.0 Å². The first-order valence-electron chi connectivity index (χ1n) is 7.32. The van der Waals surface area contributed by atoms with Crippen molar-refractivity contribution in [3.05, 3.63) is 65.2 Å². The maximum atomic E-state index is 12.4. The molecule has 25 heavy (non-hydrogen) atoms. The van der Waals surface area contributed by atoms with E-state index in [2.05, 4.69) is 10.1 Å². The highest BCUT2D eigenvalue weighted by atomic mass is 32.2. The predicted octanol–water partition coefficient (Wildman–Crippen LogP) is 2.76. The Labute approximate surface area is 144 Å². The van der Waals surface area contributed by atoms with Crippen LogP contribution in [-0.2, 0) is 22.1 Å². The second kappa shape index (κ2) is 8.06. The van der Waals surface area contributed by atoms with Crippen LogP contribution in [0.3, 0.4) is 0 Å². The summed E-state index contributed by atoms with van der Waals surface area (Å²) < 4.78 is 51.6. The summed E-state index contributed by atoms with van der Waals surface area (Å²) in [6, 6.07) is 12.3. The van der Waals surface area contributed by atoms with Crippen molar-refractivity contribution in [2.75, 3.05) is 6.26 Å². The van der Waals surface area contributed by atoms with Crippen molar-refractivity contribution in [2.45, 2.75) is 18.9 Å². The molecular weight excluding hydrogens is 352 g/mol. The summed E-state index contributed by atoms with van der Waals surface area (Å²) in [5, 5.41) is 2.61. The summed E-state index contributed by atoms with van der Waals surface area (Å²) in [7, 11) is -3.15. The normalized spacial score (nSPS) is 11.4. The molecule has 2 rings (SSSR count). The molecule has 0 atom stereocenters. The van der Waals surface area contributed by atoms with Crippen LogP contribution < -0.4 is 10.1 Å². The minimum Gasteiger partial charge on any atom is -0.434 e. The first kappa shape index (κ1) is 18.9. The summed E-state index contributed by atoms with van der Waals surface area (Å²) in [4.78, 5) is 12.1. The minimum atomic E-state index is -3.15. The van der Waals surface area contributed by atoms with Crippen molar-refractivity contribution in [1.29, 1.82) is 0 Å². The first-order chi connectivity index (χ1) is 11.7. The summed E-state index contributed by atoms with van der Waals surface area (Å²) in [6.45, 7) is -2.92. The van der Waals surface area contributed by atoms with Crippen LogP contribution in [0.2, 0.25) is 0 Å². The number of halogens is 2. The number of para-hydroxylation sites is 1. The van der Waals surface area contributed by atoms with Gasteiger partial charge in [0.1, 0.15) is 5.75 Å². The monoisotopic (exact) mass is 369 g/mol. The van der Waals surface area contributed by atoms with Crippen molar-refractivity contribution in [1.82, 2.24) is 5.32 Å². The molecule has 0 fully saturated rings. The number of hydrogen-bond acceptors (Lipinski definition) is 4. The van der Waals surface area contributed by atoms with Gasteiger partial charge in [-0.25, -0.2) is 8.42 Å². The molecule has 8 heteroatoms. The Morgan fingerprint density at radius 2 is 1.76 bits per heavy atom. The fourth-order valence-corrected chi connectivity index (χ4v) is 2.99. The van der Waals surface area contributed by atoms with Crippen LogP contribution in [0.5, 0.6) is 5.75 Å². The molecule has 0 saturated carbocycles. The Morgan fingerprint density at radius 1 is 1.12 bits per heavy atom. The van der Waals surface area contributed by atoms with Gasteiger partial charge in [0.05, 0.1) is 5.75 Å². The highest BCUT2D eigenvalue weighted by Gasteiger charge is 2.11. The molecule has 0 spiro atoms. The number of carbonyl (C=O) groups excluding carboxylic acids is 1. The van der Waals surface area contributed by atoms with Gasteiger partial charge < -0.3 is 10.1 Å². The van der Waals surface area contributed by atoms with Crippen LogP contribution in [0, 0.1) is 0 Å². The molecule has 0 aromatic heterocycles. The fraction of sp³-hybridized carbons (Fsp3) is 0.235. The molecule has 1 amide bonds. The Balaban J connectivity index is 2.01. The van der Waals surface area contributed by atoms with Crippen LogP contribution >= 0.6 is 0 Å². The van der Waals surface area contributed by atoms with Crippen LogP contribution in [0.4, 0.5) is 8.78 Å². The van der Waals surface area contributed by atoms with E-state index < -0.39 is 22.4 Å². The second-order valence-electron chi connectivity index (χ2n) is 5.44. The summed E-state index contributed by atoms with van der Waals surface area (Å²) >= 11 is 0. The van der Waals surface area contributed by atoms with Gasteiger partial charge in [0.15, 0.2) is 9.84 Å². The van der Waals surface area contributed by atoms with Gasteiger partial charge in [-0.3, -0.25) is 4.79 Å². The van der Waals surface area contributed by atoms with Gasteiger partial charge in [-0.1, -0.05) is 30.3 Å². The number of sulfone groups is 1. The van der Waals surface area contributed by atoms with Crippen molar-refractivity contribution < 1.29 is 26.7 Å². The van der Waals surface area contributed by atoms with E-state index in [1.165, 1.54) is 18.2 Å². The number of nitrogens with one attached hydrogen (secondary N) is 1. The molecule has 0 heterocycles. The molecule has 2 aromatic rings. The van der Waals surface area contributed by atoms with E-state index in [1.54, 1.807) is 30.3 Å². The second-order valence-corrected chi connectivity index (χ2v) is 7.58. The largest absolute Gasteiger partial charge is 0.434 e. The summed E-state index contributed by atoms with van der Waals surface area (Å²) in [5.74, 6) is -0.508. The molecule has 0 bridgehead atoms. The van der Waals surface area contributed by atoms with E-state index in [0.29, 0.717) is 16.7 Å². The number of carbonyl (C=O) groups is 1. The average molecular weight is 369 g/mol. The van der Waals surface area contributed by atoms with E-state index in [4.69, 9.17) is 0 Å². The molecule has 0 radical (unpaired) electrons. The van der Waals surface area contributed by atoms with Crippen LogP contribution in [-0.4, -0.2) is 27.2 Å². The van der Waals surface area contributed by atoms with E-state index in [1.807, 2.05) is 0 Å². The molecule has 134 valence electrons. The van der Waals surface area contributed by atoms with Gasteiger partial charge >= 0.3 is 6.61 Å². The van der Waals surface area contributed by atoms with Crippen molar-refractivity contribution in [3.63, 3.8) is 0 Å². The van der Waals surface area contributed by atoms with E-state index in [-0.39, 0.29) is 18.0 Å². The highest BCUT2D eigenvalue weighted by Crippen LogP contribution is 2.20. The third-order valence-electron chi connectivity index (χ3n) is 3.27. The van der Waals surface area contributed by atoms with E-state index >= 15 is 0 Å². The Kier molecular flexibility index (Phi) is 6.08. The average Bonchev–Trinajstić information content (AvgIpc) is 2.52. The van der Waals surface area contributed by atoms with Gasteiger partial charge in [0.2, 0.25) is 0 Å². The molecule has 0 aliphatic carbocycles. The third kappa shape index (κ3) is 6.15. The molecule has 1 N–H and O–H groups in total. The summed E-state index contributed by atoms with van der Waals surface area (Å²) in [6.07, 6.45) is 1.13. The lowest BCUT2D eigenvalue weighted by molar-refractivity contribution is -0.0504. The lowest BCUT2D eigenvalue weighted by atomic mass is 10.1. The minimum absolute atomic E-state index is 0.00120. The van der Waals surface area contributed by atoms with Crippen molar-refractivity contribution in [2.24, 2.45) is 0 Å². The maximum absolute atomic E-state index is 12.4. The Hall–Kier alpha value is -2.48. The van der Waals surface area contributed by atoms with Crippen LogP contribution in [0.15, 0.2) is 48.5 Å². The fourth-order valence-electron chi connectivity index (χ4n) is 2.19. The number of amides is 1. The van der Waals surface area contributed by atoms with Crippen LogP contribution in [0.25, 0.3) is 0 Å². The standard InChI is InChI=1S/C17H17F2NO4S/c1-25(22,23)11-12-6-8-13(9-7-12)16(21)20-10-14-4-2-3-5-15(14)24-17(18)19/h2-9,17H,10-11H2,1H3,(H,20,21). The Bertz CT molecular complexity index is 836. The molecule has 5 nitrogen and oxygen atoms in total. The van der Waals surface area contributed by atoms with Gasteiger partial charge in [-0.15, -0.1) is 0 Å². The topological polar surface area (TPSA) is 72.5 Å². The lowest BCUT2D eigenvalue weighted by Gasteiger charge is -2.11. The third-order valence-corrected chi connectivity index (χ3v) is 4.13. The van der Waals surface area contributed by atoms with Gasteiger partial charge in [-0.2, -0.15) is 8.78 Å². The van der Waals surface area contributed by atoms with Crippen molar-refractivity contribution >= 4 is 15.7 Å². The maximum Gasteiger partial charge on any atom is 0.387 e. The smallest absolute Gasteiger partial charge is 0.387 e. The number of hydrogen-bond donors (Lipinski definition) is 1. The molecule has 0 aliphatic heterocycles. The van der Waals surface area contributed by atoms with Gasteiger partial charge in [-0.05, 0) is 23.8 Å². The SMILES string of the molecule is CS(=O)(=O)Cc1ccc(C(=O)NCc2ccccc2OC(F)F)cc1. The predicted molar refractivity (Wildman–Crippen MR) is 89.2 cm³/mol. The zero-order valence-electron chi connectivity index (χ0n) is 13.4. The number of rotatable bonds is 7. The molecular formula is C17H17F2NO4S.